The number of hydrogen-bond donors (Lipinski definition) is 2. The Bertz CT molecular complexity index is 891. The second-order valence-electron chi connectivity index (χ2n) is 14.0. The molecule has 0 aromatic carbocycles. The highest BCUT2D eigenvalue weighted by Crippen LogP contribution is 2.56. The molecule has 0 saturated heterocycles. The molecule has 2 nitrogen and oxygen atoms in total. The third-order valence-electron chi connectivity index (χ3n) is 11.5. The van der Waals surface area contributed by atoms with Crippen LogP contribution in [-0.2, 0) is 0 Å². The molecule has 0 aromatic rings. The van der Waals surface area contributed by atoms with Crippen LogP contribution in [0.25, 0.3) is 0 Å². The van der Waals surface area contributed by atoms with Crippen molar-refractivity contribution in [3.05, 3.63) is 47.6 Å². The summed E-state index contributed by atoms with van der Waals surface area (Å²) >= 11 is 0. The maximum absolute atomic E-state index is 11.4. The second kappa shape index (κ2) is 12.0. The molecule has 0 aromatic heterocycles. The van der Waals surface area contributed by atoms with Gasteiger partial charge < -0.3 is 10.2 Å². The van der Waals surface area contributed by atoms with Gasteiger partial charge in [-0.3, -0.25) is 0 Å². The topological polar surface area (TPSA) is 40.5 Å². The molecule has 0 radical (unpaired) electrons. The molecule has 0 bridgehead atoms. The molecule has 12 unspecified atom stereocenters. The summed E-state index contributed by atoms with van der Waals surface area (Å²) in [5.41, 5.74) is 4.59. The highest BCUT2D eigenvalue weighted by Gasteiger charge is 2.48. The van der Waals surface area contributed by atoms with Gasteiger partial charge in [0.25, 0.3) is 0 Å². The lowest BCUT2D eigenvalue weighted by Crippen LogP contribution is -2.46. The lowest BCUT2D eigenvalue weighted by Gasteiger charge is -2.52. The average molecular weight is 509 g/mol. The number of rotatable bonds is 6. The fraction of sp³-hybridized carbons (Fsp3) is 0.771. The van der Waals surface area contributed by atoms with Gasteiger partial charge in [0.15, 0.2) is 0 Å². The average Bonchev–Trinajstić information content (AvgIpc) is 2.86. The highest BCUT2D eigenvalue weighted by atomic mass is 16.3. The molecule has 2 N–H and O–H groups in total. The molecule has 4 aliphatic carbocycles. The Morgan fingerprint density at radius 2 is 1.68 bits per heavy atom. The quantitative estimate of drug-likeness (QED) is 0.354. The van der Waals surface area contributed by atoms with Crippen LogP contribution in [-0.4, -0.2) is 22.4 Å². The van der Waals surface area contributed by atoms with E-state index < -0.39 is 0 Å². The number of hydrogen-bond acceptors (Lipinski definition) is 2. The van der Waals surface area contributed by atoms with Gasteiger partial charge in [0.05, 0.1) is 12.2 Å². The molecular formula is C35H56O2. The lowest BCUT2D eigenvalue weighted by molar-refractivity contribution is 0.0402. The van der Waals surface area contributed by atoms with Crippen LogP contribution in [0.3, 0.4) is 0 Å². The van der Waals surface area contributed by atoms with Gasteiger partial charge in [-0.1, -0.05) is 81.7 Å². The van der Waals surface area contributed by atoms with Crippen LogP contribution in [0.4, 0.5) is 0 Å². The van der Waals surface area contributed by atoms with Gasteiger partial charge in [-0.15, -0.1) is 0 Å². The van der Waals surface area contributed by atoms with E-state index in [-0.39, 0.29) is 35.9 Å². The van der Waals surface area contributed by atoms with Gasteiger partial charge in [-0.25, -0.2) is 0 Å². The SMILES string of the molecule is C=C(C1CCC=CC1C(C)O)C1C(C2C=CCC(C)C2C)C(C)=C(C2CC(C)CCC2C)CC1[C@@H](C)O. The Labute approximate surface area is 228 Å². The monoisotopic (exact) mass is 508 g/mol. The number of aliphatic hydroxyl groups is 2. The molecule has 2 heteroatoms. The van der Waals surface area contributed by atoms with Crippen LogP contribution in [0.15, 0.2) is 47.6 Å². The van der Waals surface area contributed by atoms with E-state index in [0.29, 0.717) is 29.6 Å². The first-order valence-corrected chi connectivity index (χ1v) is 15.6. The van der Waals surface area contributed by atoms with Gasteiger partial charge in [-0.05, 0) is 118 Å². The largest absolute Gasteiger partial charge is 0.393 e. The first-order chi connectivity index (χ1) is 17.5. The van der Waals surface area contributed by atoms with Gasteiger partial charge >= 0.3 is 0 Å². The first-order valence-electron chi connectivity index (χ1n) is 15.6. The second-order valence-corrected chi connectivity index (χ2v) is 14.0. The number of aliphatic hydroxyl groups excluding tert-OH is 2. The molecule has 208 valence electrons. The first kappa shape index (κ1) is 28.9. The summed E-state index contributed by atoms with van der Waals surface area (Å²) in [6.45, 7) is 21.1. The van der Waals surface area contributed by atoms with Crippen molar-refractivity contribution < 1.29 is 10.2 Å². The van der Waals surface area contributed by atoms with Crippen molar-refractivity contribution in [1.82, 2.24) is 0 Å². The van der Waals surface area contributed by atoms with E-state index in [4.69, 9.17) is 6.58 Å². The van der Waals surface area contributed by atoms with Gasteiger partial charge in [0.1, 0.15) is 0 Å². The van der Waals surface area contributed by atoms with Gasteiger partial charge in [0, 0.05) is 5.92 Å². The van der Waals surface area contributed by atoms with Crippen LogP contribution < -0.4 is 0 Å². The van der Waals surface area contributed by atoms with Crippen molar-refractivity contribution in [3.63, 3.8) is 0 Å². The van der Waals surface area contributed by atoms with Crippen molar-refractivity contribution in [3.8, 4) is 0 Å². The third kappa shape index (κ3) is 5.76. The zero-order chi connectivity index (χ0) is 27.0. The molecule has 13 atom stereocenters. The van der Waals surface area contributed by atoms with E-state index in [0.717, 1.165) is 31.1 Å². The maximum atomic E-state index is 11.4. The fourth-order valence-electron chi connectivity index (χ4n) is 8.96. The van der Waals surface area contributed by atoms with Crippen molar-refractivity contribution in [2.75, 3.05) is 0 Å². The molecule has 0 aliphatic heterocycles. The van der Waals surface area contributed by atoms with Crippen molar-refractivity contribution >= 4 is 0 Å². The summed E-state index contributed by atoms with van der Waals surface area (Å²) in [6.07, 6.45) is 16.9. The smallest absolute Gasteiger partial charge is 0.0580 e. The van der Waals surface area contributed by atoms with Crippen LogP contribution in [0.1, 0.15) is 93.4 Å². The Morgan fingerprint density at radius 3 is 2.35 bits per heavy atom. The van der Waals surface area contributed by atoms with Gasteiger partial charge in [0.2, 0.25) is 0 Å². The normalized spacial score (nSPS) is 44.5. The zero-order valence-electron chi connectivity index (χ0n) is 24.9. The Morgan fingerprint density at radius 1 is 0.946 bits per heavy atom. The molecule has 0 amide bonds. The molecule has 1 fully saturated rings. The van der Waals surface area contributed by atoms with E-state index in [1.165, 1.54) is 31.3 Å². The summed E-state index contributed by atoms with van der Waals surface area (Å²) in [6, 6.07) is 0. The van der Waals surface area contributed by atoms with E-state index in [9.17, 15) is 10.2 Å². The van der Waals surface area contributed by atoms with Crippen LogP contribution >= 0.6 is 0 Å². The molecular weight excluding hydrogens is 452 g/mol. The number of allylic oxidation sites excluding steroid dienone is 6. The lowest BCUT2D eigenvalue weighted by atomic mass is 9.53. The molecule has 0 heterocycles. The van der Waals surface area contributed by atoms with E-state index in [1.807, 2.05) is 13.8 Å². The van der Waals surface area contributed by atoms with Crippen molar-refractivity contribution in [2.24, 2.45) is 65.1 Å². The summed E-state index contributed by atoms with van der Waals surface area (Å²) in [4.78, 5) is 0. The molecule has 4 aliphatic rings. The van der Waals surface area contributed by atoms with Crippen molar-refractivity contribution in [1.29, 1.82) is 0 Å². The Balaban J connectivity index is 1.83. The predicted octanol–water partition coefficient (Wildman–Crippen LogP) is 8.38. The Kier molecular flexibility index (Phi) is 9.33. The van der Waals surface area contributed by atoms with Crippen LogP contribution in [0.2, 0.25) is 0 Å². The van der Waals surface area contributed by atoms with E-state index in [1.54, 1.807) is 11.1 Å². The van der Waals surface area contributed by atoms with Crippen LogP contribution in [0.5, 0.6) is 0 Å². The highest BCUT2D eigenvalue weighted by molar-refractivity contribution is 5.32. The third-order valence-corrected chi connectivity index (χ3v) is 11.5. The summed E-state index contributed by atoms with van der Waals surface area (Å²) < 4.78 is 0. The predicted molar refractivity (Wildman–Crippen MR) is 157 cm³/mol. The van der Waals surface area contributed by atoms with Gasteiger partial charge in [-0.2, -0.15) is 0 Å². The molecule has 0 spiro atoms. The fourth-order valence-corrected chi connectivity index (χ4v) is 8.96. The molecule has 37 heavy (non-hydrogen) atoms. The summed E-state index contributed by atoms with van der Waals surface area (Å²) in [7, 11) is 0. The zero-order valence-corrected chi connectivity index (χ0v) is 24.9. The summed E-state index contributed by atoms with van der Waals surface area (Å²) in [5, 5.41) is 22.1. The maximum Gasteiger partial charge on any atom is 0.0580 e. The van der Waals surface area contributed by atoms with Crippen LogP contribution in [0, 0.1) is 65.1 Å². The minimum Gasteiger partial charge on any atom is -0.393 e. The minimum atomic E-state index is -0.379. The standard InChI is InChI=1S/C35H56O2/c1-20-16-17-22(3)31(18-20)32-19-33(27(8)37)35(24(5)28-13-9-10-14-30(28)26(7)36)34(25(32)6)29-15-11-12-21(2)23(29)4/h10-11,14-15,20-23,26-31,33-37H,5,9,12-13,16-19H2,1-4,6-8H3/t20?,21?,22?,23?,26?,27-,28?,29?,30?,31?,33?,34?,35?/m1/s1. The molecule has 1 saturated carbocycles. The minimum absolute atomic E-state index is 0.125. The Hall–Kier alpha value is -1.12. The van der Waals surface area contributed by atoms with E-state index >= 15 is 0 Å². The van der Waals surface area contributed by atoms with Crippen molar-refractivity contribution in [2.45, 2.75) is 106 Å². The molecule has 4 rings (SSSR count). The van der Waals surface area contributed by atoms with E-state index in [2.05, 4.69) is 58.9 Å². The summed E-state index contributed by atoms with van der Waals surface area (Å²) in [5.74, 6) is 5.13.